The second-order valence-electron chi connectivity index (χ2n) is 3.84. The fourth-order valence-electron chi connectivity index (χ4n) is 1.87. The second-order valence-corrected chi connectivity index (χ2v) is 3.84. The minimum atomic E-state index is -0.382. The third-order valence-electron chi connectivity index (χ3n) is 2.67. The zero-order valence-corrected chi connectivity index (χ0v) is 9.03. The van der Waals surface area contributed by atoms with Crippen LogP contribution < -0.4 is 5.32 Å². The predicted molar refractivity (Wildman–Crippen MR) is 59.1 cm³/mol. The lowest BCUT2D eigenvalue weighted by atomic mass is 9.94. The van der Waals surface area contributed by atoms with Crippen LogP contribution in [0.15, 0.2) is 18.9 Å². The monoisotopic (exact) mass is 221 g/mol. The van der Waals surface area contributed by atoms with Gasteiger partial charge in [0, 0.05) is 18.2 Å². The number of aromatic amines is 1. The summed E-state index contributed by atoms with van der Waals surface area (Å²) in [5.41, 5.74) is 2.36. The number of nitrogens with one attached hydrogen (secondary N) is 2. The van der Waals surface area contributed by atoms with E-state index in [0.29, 0.717) is 0 Å². The summed E-state index contributed by atoms with van der Waals surface area (Å²) >= 11 is 0. The fraction of sp³-hybridized carbons (Fsp3) is 0.455. The number of carbonyl (C=O) groups is 1. The Bertz CT molecular complexity index is 386. The number of nitrogens with zero attached hydrogens (tertiary/aromatic N) is 1. The summed E-state index contributed by atoms with van der Waals surface area (Å²) in [5, 5.41) is 9.76. The van der Waals surface area contributed by atoms with Gasteiger partial charge in [-0.3, -0.25) is 5.10 Å². The van der Waals surface area contributed by atoms with E-state index in [0.717, 1.165) is 25.0 Å². The highest BCUT2D eigenvalue weighted by Crippen LogP contribution is 2.18. The number of H-pyrrole nitrogens is 1. The van der Waals surface area contributed by atoms with Crippen LogP contribution in [0.5, 0.6) is 0 Å². The molecule has 5 nitrogen and oxygen atoms in total. The topological polar surface area (TPSA) is 67.0 Å². The molecule has 0 bridgehead atoms. The molecule has 0 aromatic carbocycles. The van der Waals surface area contributed by atoms with E-state index in [1.807, 2.05) is 6.20 Å². The van der Waals surface area contributed by atoms with Crippen molar-refractivity contribution in [3.63, 3.8) is 0 Å². The maximum absolute atomic E-state index is 11.3. The lowest BCUT2D eigenvalue weighted by Gasteiger charge is -2.22. The number of alkyl carbamates (subject to hydrolysis) is 1. The van der Waals surface area contributed by atoms with Crippen LogP contribution in [0.3, 0.4) is 0 Å². The summed E-state index contributed by atoms with van der Waals surface area (Å²) in [6.45, 7) is 3.73. The molecular weight excluding hydrogens is 206 g/mol. The van der Waals surface area contributed by atoms with Gasteiger partial charge in [0.2, 0.25) is 0 Å². The molecular formula is C11H15N3O2. The maximum atomic E-state index is 11.3. The van der Waals surface area contributed by atoms with Gasteiger partial charge >= 0.3 is 6.09 Å². The van der Waals surface area contributed by atoms with Gasteiger partial charge in [0.25, 0.3) is 0 Å². The molecule has 0 saturated carbocycles. The Labute approximate surface area is 93.9 Å². The number of amides is 1. The summed E-state index contributed by atoms with van der Waals surface area (Å²) < 4.78 is 4.87. The third-order valence-corrected chi connectivity index (χ3v) is 2.67. The molecule has 0 saturated heterocycles. The highest BCUT2D eigenvalue weighted by Gasteiger charge is 2.21. The molecule has 2 rings (SSSR count). The number of hydrogen-bond acceptors (Lipinski definition) is 3. The molecule has 2 N–H and O–H groups in total. The molecule has 0 aliphatic heterocycles. The van der Waals surface area contributed by atoms with E-state index < -0.39 is 0 Å². The average Bonchev–Trinajstić information content (AvgIpc) is 2.73. The molecule has 16 heavy (non-hydrogen) atoms. The van der Waals surface area contributed by atoms with Crippen LogP contribution in [-0.2, 0) is 17.6 Å². The second kappa shape index (κ2) is 4.83. The SMILES string of the molecule is C=CCOC(=O)NC1CCc2cn[nH]c2C1. The number of aryl methyl sites for hydroxylation is 1. The number of rotatable bonds is 3. The van der Waals surface area contributed by atoms with Gasteiger partial charge in [0.05, 0.1) is 6.20 Å². The van der Waals surface area contributed by atoms with Gasteiger partial charge in [0.1, 0.15) is 6.61 Å². The smallest absolute Gasteiger partial charge is 0.407 e. The quantitative estimate of drug-likeness (QED) is 0.753. The van der Waals surface area contributed by atoms with Crippen LogP contribution in [0.2, 0.25) is 0 Å². The molecule has 1 aromatic heterocycles. The Morgan fingerprint density at radius 2 is 2.69 bits per heavy atom. The predicted octanol–water partition coefficient (Wildman–Crippen LogP) is 1.18. The Kier molecular flexibility index (Phi) is 3.24. The van der Waals surface area contributed by atoms with Gasteiger partial charge in [-0.15, -0.1) is 0 Å². The van der Waals surface area contributed by atoms with Gasteiger partial charge in [-0.25, -0.2) is 4.79 Å². The van der Waals surface area contributed by atoms with Crippen molar-refractivity contribution in [3.8, 4) is 0 Å². The summed E-state index contributed by atoms with van der Waals surface area (Å²) in [6.07, 6.45) is 5.68. The van der Waals surface area contributed by atoms with Crippen LogP contribution in [0.4, 0.5) is 4.79 Å². The minimum absolute atomic E-state index is 0.130. The first-order valence-corrected chi connectivity index (χ1v) is 5.35. The van der Waals surface area contributed by atoms with Crippen molar-refractivity contribution >= 4 is 6.09 Å². The number of carbonyl (C=O) groups excluding carboxylic acids is 1. The first kappa shape index (κ1) is 10.7. The van der Waals surface area contributed by atoms with E-state index in [1.54, 1.807) is 6.08 Å². The first-order valence-electron chi connectivity index (χ1n) is 5.35. The zero-order valence-electron chi connectivity index (χ0n) is 9.03. The highest BCUT2D eigenvalue weighted by atomic mass is 16.5. The molecule has 1 aliphatic carbocycles. The van der Waals surface area contributed by atoms with E-state index in [9.17, 15) is 4.79 Å². The molecule has 0 radical (unpaired) electrons. The highest BCUT2D eigenvalue weighted by molar-refractivity contribution is 5.67. The van der Waals surface area contributed by atoms with E-state index in [1.165, 1.54) is 5.56 Å². The summed E-state index contributed by atoms with van der Waals surface area (Å²) in [6, 6.07) is 0.130. The molecule has 1 unspecified atom stereocenters. The summed E-state index contributed by atoms with van der Waals surface area (Å²) in [7, 11) is 0. The van der Waals surface area contributed by atoms with Crippen LogP contribution in [0.25, 0.3) is 0 Å². The number of aromatic nitrogens is 2. The van der Waals surface area contributed by atoms with Crippen molar-refractivity contribution in [1.29, 1.82) is 0 Å². The van der Waals surface area contributed by atoms with E-state index in [4.69, 9.17) is 4.74 Å². The molecule has 1 heterocycles. The molecule has 5 heteroatoms. The van der Waals surface area contributed by atoms with Crippen molar-refractivity contribution in [2.45, 2.75) is 25.3 Å². The van der Waals surface area contributed by atoms with Gasteiger partial charge in [-0.1, -0.05) is 12.7 Å². The normalized spacial score (nSPS) is 18.6. The molecule has 1 atom stereocenters. The van der Waals surface area contributed by atoms with E-state index in [2.05, 4.69) is 22.1 Å². The number of fused-ring (bicyclic) bond motifs is 1. The molecule has 1 aromatic rings. The van der Waals surface area contributed by atoms with Crippen molar-refractivity contribution in [3.05, 3.63) is 30.1 Å². The standard InChI is InChI=1S/C11H15N3O2/c1-2-5-16-11(15)13-9-4-3-8-7-12-14-10(8)6-9/h2,7,9H,1,3-6H2,(H,12,14)(H,13,15). The lowest BCUT2D eigenvalue weighted by molar-refractivity contribution is 0.153. The van der Waals surface area contributed by atoms with Gasteiger partial charge in [0.15, 0.2) is 0 Å². The fourth-order valence-corrected chi connectivity index (χ4v) is 1.87. The van der Waals surface area contributed by atoms with E-state index in [-0.39, 0.29) is 18.7 Å². The molecule has 86 valence electrons. The van der Waals surface area contributed by atoms with Crippen LogP contribution >= 0.6 is 0 Å². The van der Waals surface area contributed by atoms with Crippen molar-refractivity contribution in [2.24, 2.45) is 0 Å². The Morgan fingerprint density at radius 3 is 3.50 bits per heavy atom. The summed E-state index contributed by atoms with van der Waals surface area (Å²) in [5.74, 6) is 0. The largest absolute Gasteiger partial charge is 0.445 e. The van der Waals surface area contributed by atoms with E-state index >= 15 is 0 Å². The van der Waals surface area contributed by atoms with Crippen molar-refractivity contribution in [1.82, 2.24) is 15.5 Å². The van der Waals surface area contributed by atoms with Crippen LogP contribution in [0, 0.1) is 0 Å². The Hall–Kier alpha value is -1.78. The summed E-state index contributed by atoms with van der Waals surface area (Å²) in [4.78, 5) is 11.3. The minimum Gasteiger partial charge on any atom is -0.445 e. The molecule has 1 aliphatic rings. The third kappa shape index (κ3) is 2.42. The van der Waals surface area contributed by atoms with Gasteiger partial charge in [-0.2, -0.15) is 5.10 Å². The average molecular weight is 221 g/mol. The van der Waals surface area contributed by atoms with Crippen molar-refractivity contribution < 1.29 is 9.53 Å². The molecule has 0 spiro atoms. The van der Waals surface area contributed by atoms with Gasteiger partial charge in [-0.05, 0) is 18.4 Å². The molecule has 1 amide bonds. The number of ether oxygens (including phenoxy) is 1. The maximum Gasteiger partial charge on any atom is 0.407 e. The lowest BCUT2D eigenvalue weighted by Crippen LogP contribution is -2.39. The van der Waals surface area contributed by atoms with Crippen LogP contribution in [0.1, 0.15) is 17.7 Å². The van der Waals surface area contributed by atoms with Crippen LogP contribution in [-0.4, -0.2) is 28.9 Å². The Morgan fingerprint density at radius 1 is 1.81 bits per heavy atom. The zero-order chi connectivity index (χ0) is 11.4. The molecule has 0 fully saturated rings. The number of hydrogen-bond donors (Lipinski definition) is 2. The van der Waals surface area contributed by atoms with Gasteiger partial charge < -0.3 is 10.1 Å². The van der Waals surface area contributed by atoms with Crippen molar-refractivity contribution in [2.75, 3.05) is 6.61 Å². The first-order chi connectivity index (χ1) is 7.79. The Balaban J connectivity index is 1.85.